The van der Waals surface area contributed by atoms with Crippen LogP contribution in [0, 0.1) is 5.92 Å². The first-order valence-corrected chi connectivity index (χ1v) is 3.80. The van der Waals surface area contributed by atoms with Gasteiger partial charge in [-0.1, -0.05) is 0 Å². The summed E-state index contributed by atoms with van der Waals surface area (Å²) in [5, 5.41) is 17.5. The van der Waals surface area contributed by atoms with Crippen LogP contribution < -0.4 is 0 Å². The minimum atomic E-state index is -0.951. The maximum atomic E-state index is 10.5. The molecule has 5 heteroatoms. The van der Waals surface area contributed by atoms with Crippen LogP contribution in [0.2, 0.25) is 0 Å². The van der Waals surface area contributed by atoms with Crippen LogP contribution in [0.1, 0.15) is 0 Å². The van der Waals surface area contributed by atoms with E-state index < -0.39 is 6.09 Å². The number of hydrogen-bond donors (Lipinski definition) is 2. The van der Waals surface area contributed by atoms with Crippen LogP contribution in [0.3, 0.4) is 0 Å². The van der Waals surface area contributed by atoms with Crippen molar-refractivity contribution in [1.29, 1.82) is 0 Å². The monoisotopic (exact) mass is 175 g/mol. The van der Waals surface area contributed by atoms with Crippen molar-refractivity contribution < 1.29 is 19.7 Å². The van der Waals surface area contributed by atoms with Crippen LogP contribution in [-0.4, -0.2) is 54.1 Å². The molecular weight excluding hydrogens is 162 g/mol. The van der Waals surface area contributed by atoms with Crippen molar-refractivity contribution in [2.45, 2.75) is 6.10 Å². The van der Waals surface area contributed by atoms with Gasteiger partial charge in [0.2, 0.25) is 0 Å². The Bertz CT molecular complexity index is 161. The average Bonchev–Trinajstić information content (AvgIpc) is 2.46. The lowest BCUT2D eigenvalue weighted by Crippen LogP contribution is -2.28. The van der Waals surface area contributed by atoms with Crippen molar-refractivity contribution >= 4 is 6.09 Å². The molecule has 1 rings (SSSR count). The van der Waals surface area contributed by atoms with Crippen LogP contribution in [0.25, 0.3) is 0 Å². The average molecular weight is 175 g/mol. The van der Waals surface area contributed by atoms with Crippen molar-refractivity contribution in [1.82, 2.24) is 4.90 Å². The van der Waals surface area contributed by atoms with Crippen LogP contribution >= 0.6 is 0 Å². The predicted molar refractivity (Wildman–Crippen MR) is 41.0 cm³/mol. The van der Waals surface area contributed by atoms with E-state index in [2.05, 4.69) is 0 Å². The Hall–Kier alpha value is -0.810. The summed E-state index contributed by atoms with van der Waals surface area (Å²) >= 11 is 0. The number of aliphatic hydroxyl groups excluding tert-OH is 1. The zero-order valence-corrected chi connectivity index (χ0v) is 6.93. The molecule has 0 aromatic rings. The molecule has 0 aromatic carbocycles. The van der Waals surface area contributed by atoms with Crippen molar-refractivity contribution in [2.24, 2.45) is 5.92 Å². The van der Waals surface area contributed by atoms with Crippen LogP contribution in [-0.2, 0) is 4.74 Å². The van der Waals surface area contributed by atoms with Gasteiger partial charge in [0.05, 0.1) is 19.3 Å². The molecule has 70 valence electrons. The third kappa shape index (κ3) is 1.67. The first-order chi connectivity index (χ1) is 5.69. The fraction of sp³-hybridized carbons (Fsp3) is 0.857. The number of nitrogens with zero attached hydrogens (tertiary/aromatic N) is 1. The number of rotatable bonds is 2. The molecule has 12 heavy (non-hydrogen) atoms. The molecular formula is C7H13NO4. The number of methoxy groups -OCH3 is 1. The second-order valence-corrected chi connectivity index (χ2v) is 2.90. The van der Waals surface area contributed by atoms with Crippen LogP contribution in [0.4, 0.5) is 4.79 Å². The zero-order valence-electron chi connectivity index (χ0n) is 6.93. The minimum absolute atomic E-state index is 0.0255. The third-order valence-corrected chi connectivity index (χ3v) is 2.19. The molecule has 0 unspecified atom stereocenters. The number of amides is 1. The SMILES string of the molecule is CO[C@H]1CN(C(=O)O)C[C@@H]1CO. The molecule has 1 saturated heterocycles. The number of ether oxygens (including phenoxy) is 1. The number of hydrogen-bond acceptors (Lipinski definition) is 3. The Labute approximate surface area is 70.5 Å². The molecule has 2 atom stereocenters. The van der Waals surface area contributed by atoms with Gasteiger partial charge in [0, 0.05) is 19.6 Å². The summed E-state index contributed by atoms with van der Waals surface area (Å²) in [5.41, 5.74) is 0. The van der Waals surface area contributed by atoms with E-state index in [1.165, 1.54) is 12.0 Å². The van der Waals surface area contributed by atoms with E-state index in [1.807, 2.05) is 0 Å². The molecule has 0 radical (unpaired) electrons. The summed E-state index contributed by atoms with van der Waals surface area (Å²) in [4.78, 5) is 11.8. The summed E-state index contributed by atoms with van der Waals surface area (Å²) in [6.07, 6.45) is -1.11. The predicted octanol–water partition coefficient (Wildman–Crippen LogP) is -0.396. The molecule has 1 heterocycles. The van der Waals surface area contributed by atoms with Gasteiger partial charge >= 0.3 is 6.09 Å². The summed E-state index contributed by atoms with van der Waals surface area (Å²) in [5.74, 6) is -0.0777. The Morgan fingerprint density at radius 3 is 2.67 bits per heavy atom. The highest BCUT2D eigenvalue weighted by Crippen LogP contribution is 2.18. The van der Waals surface area contributed by atoms with Gasteiger partial charge in [-0.2, -0.15) is 0 Å². The van der Waals surface area contributed by atoms with E-state index >= 15 is 0 Å². The Morgan fingerprint density at radius 2 is 2.33 bits per heavy atom. The fourth-order valence-electron chi connectivity index (χ4n) is 1.44. The van der Waals surface area contributed by atoms with Crippen molar-refractivity contribution in [3.63, 3.8) is 0 Å². The molecule has 1 aliphatic heterocycles. The Balaban J connectivity index is 2.53. The van der Waals surface area contributed by atoms with E-state index in [4.69, 9.17) is 14.9 Å². The minimum Gasteiger partial charge on any atom is -0.465 e. The number of carbonyl (C=O) groups is 1. The molecule has 1 fully saturated rings. The van der Waals surface area contributed by atoms with Gasteiger partial charge in [-0.25, -0.2) is 4.79 Å². The summed E-state index contributed by atoms with van der Waals surface area (Å²) in [6, 6.07) is 0. The van der Waals surface area contributed by atoms with Gasteiger partial charge in [0.1, 0.15) is 0 Å². The molecule has 1 amide bonds. The first-order valence-electron chi connectivity index (χ1n) is 3.80. The van der Waals surface area contributed by atoms with Gasteiger partial charge in [0.15, 0.2) is 0 Å². The van der Waals surface area contributed by atoms with E-state index in [0.29, 0.717) is 13.1 Å². The quantitative estimate of drug-likeness (QED) is 0.599. The van der Waals surface area contributed by atoms with Crippen LogP contribution in [0.5, 0.6) is 0 Å². The van der Waals surface area contributed by atoms with E-state index in [1.54, 1.807) is 0 Å². The lowest BCUT2D eigenvalue weighted by Gasteiger charge is -2.12. The second-order valence-electron chi connectivity index (χ2n) is 2.90. The van der Waals surface area contributed by atoms with Crippen molar-refractivity contribution in [3.8, 4) is 0 Å². The van der Waals surface area contributed by atoms with Gasteiger partial charge in [-0.3, -0.25) is 0 Å². The zero-order chi connectivity index (χ0) is 9.14. The molecule has 0 saturated carbocycles. The number of carboxylic acid groups (broad SMARTS) is 1. The fourth-order valence-corrected chi connectivity index (χ4v) is 1.44. The maximum Gasteiger partial charge on any atom is 0.407 e. The highest BCUT2D eigenvalue weighted by atomic mass is 16.5. The lowest BCUT2D eigenvalue weighted by atomic mass is 10.1. The number of likely N-dealkylation sites (tertiary alicyclic amines) is 1. The Morgan fingerprint density at radius 1 is 1.67 bits per heavy atom. The number of aliphatic hydroxyl groups is 1. The van der Waals surface area contributed by atoms with Gasteiger partial charge in [0.25, 0.3) is 0 Å². The molecule has 0 spiro atoms. The highest BCUT2D eigenvalue weighted by molar-refractivity contribution is 5.65. The summed E-state index contributed by atoms with van der Waals surface area (Å²) in [7, 11) is 1.53. The topological polar surface area (TPSA) is 70.0 Å². The highest BCUT2D eigenvalue weighted by Gasteiger charge is 2.34. The molecule has 0 aliphatic carbocycles. The third-order valence-electron chi connectivity index (χ3n) is 2.19. The standard InChI is InChI=1S/C7H13NO4/c1-12-6-3-8(7(10)11)2-5(6)4-9/h5-6,9H,2-4H2,1H3,(H,10,11)/t5-,6+/m1/s1. The van der Waals surface area contributed by atoms with E-state index in [9.17, 15) is 4.79 Å². The van der Waals surface area contributed by atoms with E-state index in [-0.39, 0.29) is 18.6 Å². The van der Waals surface area contributed by atoms with E-state index in [0.717, 1.165) is 0 Å². The molecule has 0 bridgehead atoms. The van der Waals surface area contributed by atoms with Gasteiger partial charge in [-0.15, -0.1) is 0 Å². The maximum absolute atomic E-state index is 10.5. The first kappa shape index (κ1) is 9.28. The Kier molecular flexibility index (Phi) is 2.88. The lowest BCUT2D eigenvalue weighted by molar-refractivity contribution is 0.0558. The summed E-state index contributed by atoms with van der Waals surface area (Å²) in [6.45, 7) is 0.698. The van der Waals surface area contributed by atoms with Gasteiger partial charge < -0.3 is 19.8 Å². The smallest absolute Gasteiger partial charge is 0.407 e. The van der Waals surface area contributed by atoms with Crippen molar-refractivity contribution in [3.05, 3.63) is 0 Å². The normalized spacial score (nSPS) is 29.3. The van der Waals surface area contributed by atoms with Crippen LogP contribution in [0.15, 0.2) is 0 Å². The largest absolute Gasteiger partial charge is 0.465 e. The molecule has 1 aliphatic rings. The molecule has 0 aromatic heterocycles. The second kappa shape index (κ2) is 3.73. The summed E-state index contributed by atoms with van der Waals surface area (Å²) < 4.78 is 5.03. The molecule has 2 N–H and O–H groups in total. The van der Waals surface area contributed by atoms with Crippen molar-refractivity contribution in [2.75, 3.05) is 26.8 Å². The van der Waals surface area contributed by atoms with Gasteiger partial charge in [-0.05, 0) is 0 Å². The molecule has 5 nitrogen and oxygen atoms in total.